The van der Waals surface area contributed by atoms with Gasteiger partial charge in [0.1, 0.15) is 5.60 Å². The quantitative estimate of drug-likeness (QED) is 0.776. The number of carbonyl (C=O) groups excluding carboxylic acids is 2. The number of aliphatic hydroxyl groups is 1. The number of hydrogen-bond acceptors (Lipinski definition) is 3. The van der Waals surface area contributed by atoms with E-state index in [0.29, 0.717) is 17.8 Å². The van der Waals surface area contributed by atoms with E-state index in [0.717, 1.165) is 24.7 Å². The number of nitrogens with one attached hydrogen (secondary N) is 1. The minimum absolute atomic E-state index is 0.0337. The molecule has 3 aliphatic carbocycles. The molecule has 0 saturated heterocycles. The molecule has 3 fully saturated rings. The highest BCUT2D eigenvalue weighted by Gasteiger charge is 2.58. The SMILES string of the molecule is CCC(C)(O)C(=O)NN1C(=O)C=C[C@@]2(C)C1CC[C@@H]1[C@H]2CC[C@]2(C)CCC[C@@H]12. The van der Waals surface area contributed by atoms with Crippen LogP contribution in [0.25, 0.3) is 0 Å². The Labute approximate surface area is 168 Å². The monoisotopic (exact) mass is 388 g/mol. The molecule has 156 valence electrons. The van der Waals surface area contributed by atoms with E-state index in [4.69, 9.17) is 0 Å². The highest BCUT2D eigenvalue weighted by Crippen LogP contribution is 2.63. The molecular formula is C23H36N2O3. The molecule has 1 heterocycles. The molecule has 5 heteroatoms. The lowest BCUT2D eigenvalue weighted by Crippen LogP contribution is -2.65. The van der Waals surface area contributed by atoms with Crippen LogP contribution in [0.4, 0.5) is 0 Å². The molecule has 3 saturated carbocycles. The van der Waals surface area contributed by atoms with Crippen LogP contribution < -0.4 is 5.43 Å². The topological polar surface area (TPSA) is 69.6 Å². The van der Waals surface area contributed by atoms with Crippen LogP contribution in [-0.4, -0.2) is 33.6 Å². The van der Waals surface area contributed by atoms with Gasteiger partial charge in [-0.25, -0.2) is 5.01 Å². The van der Waals surface area contributed by atoms with E-state index in [9.17, 15) is 14.7 Å². The standard InChI is InChI=1S/C23H36N2O3/c1-5-23(4,28)20(27)24-25-18-9-8-15-16-7-6-12-21(16,2)13-10-17(15)22(18,3)14-11-19(25)26/h11,14-18,28H,5-10,12-13H2,1-4H3,(H,24,27)/t15-,16-,17+,18?,21-,22+,23?/m0/s1. The van der Waals surface area contributed by atoms with Gasteiger partial charge >= 0.3 is 0 Å². The zero-order valence-electron chi connectivity index (χ0n) is 17.8. The molecule has 28 heavy (non-hydrogen) atoms. The molecule has 0 spiro atoms. The van der Waals surface area contributed by atoms with Crippen molar-refractivity contribution < 1.29 is 14.7 Å². The molecule has 0 aromatic carbocycles. The van der Waals surface area contributed by atoms with Crippen molar-refractivity contribution in [3.63, 3.8) is 0 Å². The van der Waals surface area contributed by atoms with Crippen molar-refractivity contribution >= 4 is 11.8 Å². The number of fused-ring (bicyclic) bond motifs is 5. The largest absolute Gasteiger partial charge is 0.380 e. The van der Waals surface area contributed by atoms with E-state index in [1.807, 2.05) is 0 Å². The molecule has 7 atom stereocenters. The van der Waals surface area contributed by atoms with Crippen molar-refractivity contribution in [3.8, 4) is 0 Å². The average molecular weight is 389 g/mol. The molecule has 0 radical (unpaired) electrons. The van der Waals surface area contributed by atoms with Gasteiger partial charge in [0.2, 0.25) is 0 Å². The van der Waals surface area contributed by atoms with Crippen LogP contribution in [0.15, 0.2) is 12.2 Å². The second-order valence-corrected chi connectivity index (χ2v) is 10.5. The smallest absolute Gasteiger partial charge is 0.270 e. The first-order valence-electron chi connectivity index (χ1n) is 11.2. The Morgan fingerprint density at radius 1 is 1.25 bits per heavy atom. The lowest BCUT2D eigenvalue weighted by Gasteiger charge is -2.59. The van der Waals surface area contributed by atoms with Gasteiger partial charge in [-0.3, -0.25) is 15.0 Å². The summed E-state index contributed by atoms with van der Waals surface area (Å²) in [6.07, 6.45) is 12.7. The first kappa shape index (κ1) is 19.9. The highest BCUT2D eigenvalue weighted by molar-refractivity contribution is 5.92. The Hall–Kier alpha value is -1.36. The Morgan fingerprint density at radius 3 is 2.71 bits per heavy atom. The normalized spacial score (nSPS) is 44.3. The number of hydrogen-bond donors (Lipinski definition) is 2. The van der Waals surface area contributed by atoms with E-state index in [1.165, 1.54) is 44.0 Å². The zero-order valence-corrected chi connectivity index (χ0v) is 17.8. The Morgan fingerprint density at radius 2 is 2.00 bits per heavy atom. The number of amides is 2. The molecule has 4 rings (SSSR count). The first-order chi connectivity index (χ1) is 13.1. The van der Waals surface area contributed by atoms with Crippen molar-refractivity contribution in [3.05, 3.63) is 12.2 Å². The fourth-order valence-corrected chi connectivity index (χ4v) is 7.01. The Bertz CT molecular complexity index is 702. The predicted octanol–water partition coefficient (Wildman–Crippen LogP) is 3.58. The highest BCUT2D eigenvalue weighted by atomic mass is 16.3. The predicted molar refractivity (Wildman–Crippen MR) is 108 cm³/mol. The molecule has 2 amide bonds. The van der Waals surface area contributed by atoms with Crippen molar-refractivity contribution in [2.45, 2.75) is 90.7 Å². The minimum atomic E-state index is -1.47. The minimum Gasteiger partial charge on any atom is -0.380 e. The van der Waals surface area contributed by atoms with Crippen LogP contribution in [0.5, 0.6) is 0 Å². The summed E-state index contributed by atoms with van der Waals surface area (Å²) in [5.41, 5.74) is 1.70. The van der Waals surface area contributed by atoms with E-state index >= 15 is 0 Å². The van der Waals surface area contributed by atoms with Gasteiger partial charge in [-0.05, 0) is 75.0 Å². The second kappa shape index (κ2) is 6.58. The maximum absolute atomic E-state index is 12.7. The second-order valence-electron chi connectivity index (χ2n) is 10.5. The summed E-state index contributed by atoms with van der Waals surface area (Å²) in [4.78, 5) is 25.3. The molecule has 2 unspecified atom stereocenters. The molecule has 4 aliphatic rings. The summed E-state index contributed by atoms with van der Waals surface area (Å²) in [5.74, 6) is 1.41. The molecule has 0 aromatic rings. The van der Waals surface area contributed by atoms with Gasteiger partial charge in [0, 0.05) is 11.5 Å². The molecule has 2 N–H and O–H groups in total. The van der Waals surface area contributed by atoms with Crippen LogP contribution in [0.1, 0.15) is 79.1 Å². The lowest BCUT2D eigenvalue weighted by molar-refractivity contribution is -0.161. The molecular weight excluding hydrogens is 352 g/mol. The van der Waals surface area contributed by atoms with Crippen LogP contribution in [0.2, 0.25) is 0 Å². The van der Waals surface area contributed by atoms with Gasteiger partial charge in [-0.2, -0.15) is 0 Å². The van der Waals surface area contributed by atoms with Crippen LogP contribution in [0.3, 0.4) is 0 Å². The number of rotatable bonds is 3. The third-order valence-corrected chi connectivity index (χ3v) is 9.04. The summed E-state index contributed by atoms with van der Waals surface area (Å²) >= 11 is 0. The summed E-state index contributed by atoms with van der Waals surface area (Å²) in [6.45, 7) is 8.05. The van der Waals surface area contributed by atoms with E-state index in [2.05, 4.69) is 25.3 Å². The van der Waals surface area contributed by atoms with Gasteiger partial charge < -0.3 is 5.11 Å². The average Bonchev–Trinajstić information content (AvgIpc) is 3.06. The van der Waals surface area contributed by atoms with Crippen LogP contribution in [0, 0.1) is 28.6 Å². The van der Waals surface area contributed by atoms with Gasteiger partial charge in [-0.15, -0.1) is 0 Å². The van der Waals surface area contributed by atoms with Gasteiger partial charge in [0.25, 0.3) is 11.8 Å². The third-order valence-electron chi connectivity index (χ3n) is 9.04. The summed E-state index contributed by atoms with van der Waals surface area (Å²) in [6, 6.07) is -0.0337. The Balaban J connectivity index is 1.61. The number of hydrazine groups is 1. The van der Waals surface area contributed by atoms with E-state index < -0.39 is 11.5 Å². The summed E-state index contributed by atoms with van der Waals surface area (Å²) in [5, 5.41) is 11.9. The van der Waals surface area contributed by atoms with Gasteiger partial charge in [0.15, 0.2) is 0 Å². The summed E-state index contributed by atoms with van der Waals surface area (Å²) in [7, 11) is 0. The first-order valence-corrected chi connectivity index (χ1v) is 11.2. The Kier molecular flexibility index (Phi) is 4.68. The van der Waals surface area contributed by atoms with Gasteiger partial charge in [-0.1, -0.05) is 33.3 Å². The van der Waals surface area contributed by atoms with Crippen molar-refractivity contribution in [1.29, 1.82) is 0 Å². The van der Waals surface area contributed by atoms with Crippen LogP contribution in [-0.2, 0) is 9.59 Å². The molecule has 5 nitrogen and oxygen atoms in total. The number of carbonyl (C=O) groups is 2. The van der Waals surface area contributed by atoms with Crippen molar-refractivity contribution in [2.75, 3.05) is 0 Å². The lowest BCUT2D eigenvalue weighted by atomic mass is 9.48. The summed E-state index contributed by atoms with van der Waals surface area (Å²) < 4.78 is 0. The maximum Gasteiger partial charge on any atom is 0.270 e. The maximum atomic E-state index is 12.7. The molecule has 1 aliphatic heterocycles. The van der Waals surface area contributed by atoms with E-state index in [1.54, 1.807) is 13.0 Å². The third kappa shape index (κ3) is 2.84. The van der Waals surface area contributed by atoms with Crippen molar-refractivity contribution in [1.82, 2.24) is 10.4 Å². The van der Waals surface area contributed by atoms with Crippen LogP contribution >= 0.6 is 0 Å². The zero-order chi connectivity index (χ0) is 20.3. The molecule has 0 aromatic heterocycles. The fraction of sp³-hybridized carbons (Fsp3) is 0.826. The van der Waals surface area contributed by atoms with Gasteiger partial charge in [0.05, 0.1) is 6.04 Å². The van der Waals surface area contributed by atoms with Crippen molar-refractivity contribution in [2.24, 2.45) is 28.6 Å². The number of nitrogens with zero attached hydrogens (tertiary/aromatic N) is 1. The van der Waals surface area contributed by atoms with E-state index in [-0.39, 0.29) is 17.4 Å². The molecule has 0 bridgehead atoms. The fourth-order valence-electron chi connectivity index (χ4n) is 7.01.